The minimum absolute atomic E-state index is 0. The largest absolute Gasteiger partial charge is 1.00 e. The molecule has 1 aromatic rings. The number of rotatable bonds is 2. The van der Waals surface area contributed by atoms with Gasteiger partial charge in [-0.15, -0.1) is 0 Å². The summed E-state index contributed by atoms with van der Waals surface area (Å²) in [5.74, 6) is 0.588. The van der Waals surface area contributed by atoms with Crippen LogP contribution in [0.2, 0.25) is 0 Å². The van der Waals surface area contributed by atoms with Gasteiger partial charge in [0.15, 0.2) is 11.1 Å². The molecule has 1 aromatic carbocycles. The molecule has 0 fully saturated rings. The molecule has 0 bridgehead atoms. The van der Waals surface area contributed by atoms with Gasteiger partial charge in [0.1, 0.15) is 5.75 Å². The van der Waals surface area contributed by atoms with Crippen LogP contribution in [0.4, 0.5) is 0 Å². The first kappa shape index (κ1) is 12.1. The molecular weight excluding hydrogens is 187 g/mol. The molecule has 1 unspecified atom stereocenters. The SMILES string of the molecule is COc1cccc(S(=O)O)c1.[H-].[Na+]. The van der Waals surface area contributed by atoms with Gasteiger partial charge in [-0.1, -0.05) is 6.07 Å². The molecule has 0 aliphatic carbocycles. The van der Waals surface area contributed by atoms with Gasteiger partial charge >= 0.3 is 29.6 Å². The monoisotopic (exact) mass is 196 g/mol. The van der Waals surface area contributed by atoms with E-state index >= 15 is 0 Å². The molecule has 1 N–H and O–H groups in total. The molecule has 1 atom stereocenters. The number of benzene rings is 1. The van der Waals surface area contributed by atoms with Crippen molar-refractivity contribution in [2.45, 2.75) is 4.90 Å². The molecular formula is C7H9NaO3S. The van der Waals surface area contributed by atoms with E-state index in [0.29, 0.717) is 10.6 Å². The van der Waals surface area contributed by atoms with Gasteiger partial charge in [-0.2, -0.15) is 0 Å². The van der Waals surface area contributed by atoms with Crippen LogP contribution in [0.25, 0.3) is 0 Å². The Kier molecular flexibility index (Phi) is 5.78. The van der Waals surface area contributed by atoms with Crippen molar-refractivity contribution in [2.24, 2.45) is 0 Å². The first-order valence-corrected chi connectivity index (χ1v) is 4.09. The maximum atomic E-state index is 10.5. The summed E-state index contributed by atoms with van der Waals surface area (Å²) in [6, 6.07) is 6.48. The van der Waals surface area contributed by atoms with E-state index in [1.807, 2.05) is 0 Å². The molecule has 62 valence electrons. The second kappa shape index (κ2) is 5.72. The Balaban J connectivity index is 0. The van der Waals surface area contributed by atoms with Gasteiger partial charge in [0.05, 0.1) is 12.0 Å². The Bertz CT molecular complexity index is 282. The molecule has 0 amide bonds. The fourth-order valence-corrected chi connectivity index (χ4v) is 1.12. The van der Waals surface area contributed by atoms with Crippen molar-refractivity contribution in [2.75, 3.05) is 7.11 Å². The van der Waals surface area contributed by atoms with Gasteiger partial charge in [0.2, 0.25) is 0 Å². The summed E-state index contributed by atoms with van der Waals surface area (Å²) < 4.78 is 24.0. The van der Waals surface area contributed by atoms with E-state index in [2.05, 4.69) is 0 Å². The van der Waals surface area contributed by atoms with Crippen LogP contribution in [0.5, 0.6) is 5.75 Å². The average Bonchev–Trinajstić information content (AvgIpc) is 2.05. The third-order valence-corrected chi connectivity index (χ3v) is 1.90. The van der Waals surface area contributed by atoms with Crippen molar-refractivity contribution in [1.29, 1.82) is 0 Å². The van der Waals surface area contributed by atoms with Gasteiger partial charge < -0.3 is 10.7 Å². The zero-order valence-electron chi connectivity index (χ0n) is 7.98. The van der Waals surface area contributed by atoms with E-state index in [1.165, 1.54) is 13.2 Å². The maximum absolute atomic E-state index is 10.5. The maximum Gasteiger partial charge on any atom is 1.00 e. The van der Waals surface area contributed by atoms with E-state index in [9.17, 15) is 4.21 Å². The summed E-state index contributed by atoms with van der Waals surface area (Å²) in [6.45, 7) is 0. The fraction of sp³-hybridized carbons (Fsp3) is 0.143. The van der Waals surface area contributed by atoms with Crippen molar-refractivity contribution in [3.63, 3.8) is 0 Å². The minimum atomic E-state index is -1.92. The topological polar surface area (TPSA) is 46.5 Å². The first-order chi connectivity index (χ1) is 5.24. The average molecular weight is 196 g/mol. The number of hydrogen-bond acceptors (Lipinski definition) is 2. The third-order valence-electron chi connectivity index (χ3n) is 1.24. The molecule has 0 aromatic heterocycles. The van der Waals surface area contributed by atoms with E-state index in [-0.39, 0.29) is 31.0 Å². The van der Waals surface area contributed by atoms with E-state index in [0.717, 1.165) is 0 Å². The van der Waals surface area contributed by atoms with Crippen LogP contribution >= 0.6 is 0 Å². The summed E-state index contributed by atoms with van der Waals surface area (Å²) in [5, 5.41) is 0. The first-order valence-electron chi connectivity index (χ1n) is 2.99. The van der Waals surface area contributed by atoms with Crippen LogP contribution in [0.3, 0.4) is 0 Å². The molecule has 0 saturated carbocycles. The van der Waals surface area contributed by atoms with Crippen LogP contribution < -0.4 is 34.3 Å². The Morgan fingerprint density at radius 3 is 2.75 bits per heavy atom. The number of methoxy groups -OCH3 is 1. The predicted octanol–water partition coefficient (Wildman–Crippen LogP) is -1.61. The van der Waals surface area contributed by atoms with Crippen LogP contribution in [0.15, 0.2) is 29.2 Å². The molecule has 0 aliphatic heterocycles. The van der Waals surface area contributed by atoms with Crippen molar-refractivity contribution in [1.82, 2.24) is 0 Å². The molecule has 0 saturated heterocycles. The molecule has 12 heavy (non-hydrogen) atoms. The van der Waals surface area contributed by atoms with Crippen LogP contribution in [-0.4, -0.2) is 15.9 Å². The molecule has 3 nitrogen and oxygen atoms in total. The van der Waals surface area contributed by atoms with Gasteiger partial charge in [0, 0.05) is 0 Å². The number of hydrogen-bond donors (Lipinski definition) is 1. The number of ether oxygens (including phenoxy) is 1. The molecule has 1 rings (SSSR count). The second-order valence-electron chi connectivity index (χ2n) is 1.93. The van der Waals surface area contributed by atoms with E-state index < -0.39 is 11.1 Å². The molecule has 0 radical (unpaired) electrons. The Labute approximate surface area is 97.2 Å². The van der Waals surface area contributed by atoms with Gasteiger partial charge in [0.25, 0.3) is 0 Å². The normalized spacial score (nSPS) is 11.5. The van der Waals surface area contributed by atoms with Gasteiger partial charge in [-0.3, -0.25) is 0 Å². The molecule has 0 heterocycles. The molecule has 0 aliphatic rings. The van der Waals surface area contributed by atoms with Crippen LogP contribution in [-0.2, 0) is 11.1 Å². The molecule has 5 heteroatoms. The fourth-order valence-electron chi connectivity index (χ4n) is 0.710. The second-order valence-corrected chi connectivity index (χ2v) is 2.90. The summed E-state index contributed by atoms with van der Waals surface area (Å²) >= 11 is -1.92. The summed E-state index contributed by atoms with van der Waals surface area (Å²) in [5.41, 5.74) is 0. The zero-order chi connectivity index (χ0) is 8.27. The van der Waals surface area contributed by atoms with Gasteiger partial charge in [-0.05, 0) is 18.2 Å². The molecule has 0 spiro atoms. The van der Waals surface area contributed by atoms with E-state index in [4.69, 9.17) is 9.29 Å². The van der Waals surface area contributed by atoms with Crippen LogP contribution in [0, 0.1) is 0 Å². The van der Waals surface area contributed by atoms with Crippen molar-refractivity contribution < 1.29 is 44.5 Å². The smallest absolute Gasteiger partial charge is 1.00 e. The third kappa shape index (κ3) is 3.25. The van der Waals surface area contributed by atoms with Crippen molar-refractivity contribution in [3.05, 3.63) is 24.3 Å². The van der Waals surface area contributed by atoms with Gasteiger partial charge in [-0.25, -0.2) is 4.21 Å². The van der Waals surface area contributed by atoms with Crippen molar-refractivity contribution >= 4 is 11.1 Å². The quantitative estimate of drug-likeness (QED) is 0.457. The Hall–Kier alpha value is 0.130. The zero-order valence-corrected chi connectivity index (χ0v) is 9.80. The predicted molar refractivity (Wildman–Crippen MR) is 43.1 cm³/mol. The Morgan fingerprint density at radius 2 is 2.25 bits per heavy atom. The summed E-state index contributed by atoms with van der Waals surface area (Å²) in [7, 11) is 1.51. The van der Waals surface area contributed by atoms with Crippen LogP contribution in [0.1, 0.15) is 1.43 Å². The minimum Gasteiger partial charge on any atom is -1.00 e. The Morgan fingerprint density at radius 1 is 1.58 bits per heavy atom. The van der Waals surface area contributed by atoms with E-state index in [1.54, 1.807) is 18.2 Å². The summed E-state index contributed by atoms with van der Waals surface area (Å²) in [4.78, 5) is 0.351. The summed E-state index contributed by atoms with van der Waals surface area (Å²) in [6.07, 6.45) is 0. The van der Waals surface area contributed by atoms with Crippen molar-refractivity contribution in [3.8, 4) is 5.75 Å². The standard InChI is InChI=1S/C7H8O3S.Na.H/c1-10-6-3-2-4-7(5-6)11(8)9;;/h2-5H,1H3,(H,8,9);;/q;+1;-1.